The Balaban J connectivity index is 2.20. The van der Waals surface area contributed by atoms with E-state index < -0.39 is 0 Å². The second-order valence-corrected chi connectivity index (χ2v) is 7.95. The molecule has 1 N–H and O–H groups in total. The third-order valence-electron chi connectivity index (χ3n) is 4.68. The summed E-state index contributed by atoms with van der Waals surface area (Å²) >= 11 is 0. The van der Waals surface area contributed by atoms with E-state index in [0.717, 1.165) is 19.3 Å². The van der Waals surface area contributed by atoms with Crippen molar-refractivity contribution in [2.45, 2.75) is 104 Å². The Morgan fingerprint density at radius 3 is 2.11 bits per heavy atom. The molecule has 1 aliphatic rings. The zero-order chi connectivity index (χ0) is 14.4. The summed E-state index contributed by atoms with van der Waals surface area (Å²) in [5.74, 6) is 0.679. The standard InChI is InChI=1S/C18H36O/c1-5-6-7-8-9-10-11-12-18(19)14-16(2)13-17(3,4)15-18/h16,19H,5-15H2,1-4H3. The lowest BCUT2D eigenvalue weighted by Gasteiger charge is -2.44. The lowest BCUT2D eigenvalue weighted by atomic mass is 9.64. The van der Waals surface area contributed by atoms with E-state index in [1.807, 2.05) is 0 Å². The van der Waals surface area contributed by atoms with Crippen molar-refractivity contribution in [2.24, 2.45) is 11.3 Å². The summed E-state index contributed by atoms with van der Waals surface area (Å²) in [7, 11) is 0. The highest BCUT2D eigenvalue weighted by molar-refractivity contribution is 4.92. The SMILES string of the molecule is CCCCCCCCCC1(O)CC(C)CC(C)(C)C1. The predicted octanol–water partition coefficient (Wildman–Crippen LogP) is 5.70. The zero-order valence-corrected chi connectivity index (χ0v) is 13.8. The lowest BCUT2D eigenvalue weighted by Crippen LogP contribution is -2.42. The molecule has 0 amide bonds. The Hall–Kier alpha value is -0.0400. The van der Waals surface area contributed by atoms with Crippen LogP contribution in [0.2, 0.25) is 0 Å². The smallest absolute Gasteiger partial charge is 0.0655 e. The molecule has 1 heteroatoms. The van der Waals surface area contributed by atoms with E-state index >= 15 is 0 Å². The fourth-order valence-corrected chi connectivity index (χ4v) is 4.30. The van der Waals surface area contributed by atoms with Crippen LogP contribution in [0.3, 0.4) is 0 Å². The van der Waals surface area contributed by atoms with Crippen LogP contribution in [0.15, 0.2) is 0 Å². The van der Waals surface area contributed by atoms with Gasteiger partial charge in [0.25, 0.3) is 0 Å². The second-order valence-electron chi connectivity index (χ2n) is 7.95. The molecule has 2 unspecified atom stereocenters. The van der Waals surface area contributed by atoms with Gasteiger partial charge in [0, 0.05) is 0 Å². The molecular weight excluding hydrogens is 232 g/mol. The van der Waals surface area contributed by atoms with Crippen LogP contribution in [0.4, 0.5) is 0 Å². The van der Waals surface area contributed by atoms with Gasteiger partial charge in [-0.05, 0) is 37.0 Å². The normalized spacial score (nSPS) is 30.5. The molecule has 114 valence electrons. The van der Waals surface area contributed by atoms with Crippen LogP contribution in [0.5, 0.6) is 0 Å². The third-order valence-corrected chi connectivity index (χ3v) is 4.68. The summed E-state index contributed by atoms with van der Waals surface area (Å²) < 4.78 is 0. The van der Waals surface area contributed by atoms with E-state index in [1.165, 1.54) is 51.4 Å². The molecule has 0 aliphatic heterocycles. The van der Waals surface area contributed by atoms with Crippen molar-refractivity contribution < 1.29 is 5.11 Å². The number of rotatable bonds is 8. The van der Waals surface area contributed by atoms with E-state index in [0.29, 0.717) is 11.3 Å². The van der Waals surface area contributed by atoms with E-state index in [2.05, 4.69) is 27.7 Å². The van der Waals surface area contributed by atoms with Gasteiger partial charge in [0.15, 0.2) is 0 Å². The Morgan fingerprint density at radius 1 is 0.947 bits per heavy atom. The van der Waals surface area contributed by atoms with Crippen LogP contribution in [-0.4, -0.2) is 10.7 Å². The van der Waals surface area contributed by atoms with Gasteiger partial charge in [0.1, 0.15) is 0 Å². The molecule has 1 fully saturated rings. The first-order valence-electron chi connectivity index (χ1n) is 8.59. The maximum absolute atomic E-state index is 10.8. The molecule has 1 rings (SSSR count). The molecule has 0 saturated heterocycles. The van der Waals surface area contributed by atoms with Gasteiger partial charge in [0.05, 0.1) is 5.60 Å². The van der Waals surface area contributed by atoms with Gasteiger partial charge < -0.3 is 5.11 Å². The Bertz CT molecular complexity index is 246. The number of hydrogen-bond donors (Lipinski definition) is 1. The van der Waals surface area contributed by atoms with Crippen LogP contribution in [-0.2, 0) is 0 Å². The van der Waals surface area contributed by atoms with Gasteiger partial charge in [-0.25, -0.2) is 0 Å². The van der Waals surface area contributed by atoms with Gasteiger partial charge in [0.2, 0.25) is 0 Å². The van der Waals surface area contributed by atoms with Crippen molar-refractivity contribution in [3.05, 3.63) is 0 Å². The summed E-state index contributed by atoms with van der Waals surface area (Å²) in [6.07, 6.45) is 13.7. The summed E-state index contributed by atoms with van der Waals surface area (Å²) in [5.41, 5.74) is -0.0435. The largest absolute Gasteiger partial charge is 0.390 e. The highest BCUT2D eigenvalue weighted by Gasteiger charge is 2.40. The van der Waals surface area contributed by atoms with Gasteiger partial charge in [-0.2, -0.15) is 0 Å². The van der Waals surface area contributed by atoms with E-state index in [-0.39, 0.29) is 5.60 Å². The van der Waals surface area contributed by atoms with Crippen molar-refractivity contribution in [3.8, 4) is 0 Å². The van der Waals surface area contributed by atoms with Crippen molar-refractivity contribution in [1.82, 2.24) is 0 Å². The number of aliphatic hydroxyl groups is 1. The molecule has 2 atom stereocenters. The topological polar surface area (TPSA) is 20.2 Å². The van der Waals surface area contributed by atoms with Gasteiger partial charge in [-0.3, -0.25) is 0 Å². The van der Waals surface area contributed by atoms with E-state index in [1.54, 1.807) is 0 Å². The third kappa shape index (κ3) is 6.79. The van der Waals surface area contributed by atoms with Crippen molar-refractivity contribution >= 4 is 0 Å². The Kier molecular flexibility index (Phi) is 6.86. The minimum atomic E-state index is -0.370. The molecule has 0 aromatic heterocycles. The molecule has 0 heterocycles. The highest BCUT2D eigenvalue weighted by atomic mass is 16.3. The zero-order valence-electron chi connectivity index (χ0n) is 13.8. The first-order chi connectivity index (χ1) is 8.87. The molecule has 19 heavy (non-hydrogen) atoms. The maximum atomic E-state index is 10.8. The molecule has 0 spiro atoms. The minimum absolute atomic E-state index is 0.327. The first-order valence-corrected chi connectivity index (χ1v) is 8.59. The molecule has 0 aromatic carbocycles. The fourth-order valence-electron chi connectivity index (χ4n) is 4.30. The summed E-state index contributed by atoms with van der Waals surface area (Å²) in [6.45, 7) is 9.20. The molecule has 1 aliphatic carbocycles. The molecule has 0 aromatic rings. The van der Waals surface area contributed by atoms with Crippen LogP contribution >= 0.6 is 0 Å². The van der Waals surface area contributed by atoms with Gasteiger partial charge >= 0.3 is 0 Å². The van der Waals surface area contributed by atoms with Crippen LogP contribution in [0, 0.1) is 11.3 Å². The highest BCUT2D eigenvalue weighted by Crippen LogP contribution is 2.45. The molecule has 1 saturated carbocycles. The fraction of sp³-hybridized carbons (Fsp3) is 1.00. The van der Waals surface area contributed by atoms with E-state index in [4.69, 9.17) is 0 Å². The molecule has 0 bridgehead atoms. The monoisotopic (exact) mass is 268 g/mol. The molecular formula is C18H36O. The number of hydrogen-bond acceptors (Lipinski definition) is 1. The quantitative estimate of drug-likeness (QED) is 0.559. The summed E-state index contributed by atoms with van der Waals surface area (Å²) in [5, 5.41) is 10.8. The van der Waals surface area contributed by atoms with E-state index in [9.17, 15) is 5.11 Å². The maximum Gasteiger partial charge on any atom is 0.0655 e. The summed E-state index contributed by atoms with van der Waals surface area (Å²) in [4.78, 5) is 0. The van der Waals surface area contributed by atoms with Crippen molar-refractivity contribution in [3.63, 3.8) is 0 Å². The molecule has 0 radical (unpaired) electrons. The van der Waals surface area contributed by atoms with Crippen LogP contribution in [0.1, 0.15) is 98.3 Å². The van der Waals surface area contributed by atoms with Crippen LogP contribution < -0.4 is 0 Å². The predicted molar refractivity (Wildman–Crippen MR) is 84.4 cm³/mol. The Labute approximate surface area is 121 Å². The average molecular weight is 268 g/mol. The van der Waals surface area contributed by atoms with Gasteiger partial charge in [-0.1, -0.05) is 72.6 Å². The van der Waals surface area contributed by atoms with Crippen molar-refractivity contribution in [2.75, 3.05) is 0 Å². The lowest BCUT2D eigenvalue weighted by molar-refractivity contribution is -0.0650. The molecule has 1 nitrogen and oxygen atoms in total. The second kappa shape index (κ2) is 7.67. The number of unbranched alkanes of at least 4 members (excludes halogenated alkanes) is 6. The first kappa shape index (κ1) is 17.0. The summed E-state index contributed by atoms with van der Waals surface area (Å²) in [6, 6.07) is 0. The minimum Gasteiger partial charge on any atom is -0.390 e. The Morgan fingerprint density at radius 2 is 1.53 bits per heavy atom. The van der Waals surface area contributed by atoms with Gasteiger partial charge in [-0.15, -0.1) is 0 Å². The average Bonchev–Trinajstić information content (AvgIpc) is 2.24. The van der Waals surface area contributed by atoms with Crippen LogP contribution in [0.25, 0.3) is 0 Å². The van der Waals surface area contributed by atoms with Crippen molar-refractivity contribution in [1.29, 1.82) is 0 Å².